The van der Waals surface area contributed by atoms with E-state index >= 15 is 0 Å². The van der Waals surface area contributed by atoms with Gasteiger partial charge in [0.1, 0.15) is 5.75 Å². The Kier molecular flexibility index (Phi) is 4.89. The molecule has 0 spiro atoms. The zero-order valence-corrected chi connectivity index (χ0v) is 16.0. The number of anilines is 2. The fraction of sp³-hybridized carbons (Fsp3) is 0.238. The molecule has 2 heterocycles. The SMILES string of the molecule is CN1C(=O)NCc2ccc(NC(=O)/C=C3\CCOc4cc(C(F)(F)F)ccc43)cc21. The summed E-state index contributed by atoms with van der Waals surface area (Å²) >= 11 is 0. The second-order valence-corrected chi connectivity index (χ2v) is 7.03. The molecule has 3 amide bonds. The highest BCUT2D eigenvalue weighted by molar-refractivity contribution is 6.05. The van der Waals surface area contributed by atoms with Gasteiger partial charge >= 0.3 is 12.2 Å². The van der Waals surface area contributed by atoms with E-state index in [0.29, 0.717) is 35.5 Å². The molecule has 2 aliphatic heterocycles. The van der Waals surface area contributed by atoms with Crippen LogP contribution >= 0.6 is 0 Å². The topological polar surface area (TPSA) is 70.7 Å². The van der Waals surface area contributed by atoms with Crippen molar-refractivity contribution in [2.75, 3.05) is 23.9 Å². The summed E-state index contributed by atoms with van der Waals surface area (Å²) in [6.45, 7) is 0.597. The summed E-state index contributed by atoms with van der Waals surface area (Å²) in [5.74, 6) is -0.308. The van der Waals surface area contributed by atoms with Crippen molar-refractivity contribution in [3.63, 3.8) is 0 Å². The molecule has 6 nitrogen and oxygen atoms in total. The van der Waals surface area contributed by atoms with E-state index in [9.17, 15) is 22.8 Å². The van der Waals surface area contributed by atoms with Crippen molar-refractivity contribution in [1.82, 2.24) is 5.32 Å². The van der Waals surface area contributed by atoms with E-state index < -0.39 is 17.6 Å². The third kappa shape index (κ3) is 3.83. The smallest absolute Gasteiger partial charge is 0.416 e. The third-order valence-electron chi connectivity index (χ3n) is 5.04. The number of benzene rings is 2. The highest BCUT2D eigenvalue weighted by Gasteiger charge is 2.32. The maximum atomic E-state index is 12.9. The number of carbonyl (C=O) groups is 2. The van der Waals surface area contributed by atoms with Gasteiger partial charge < -0.3 is 15.4 Å². The van der Waals surface area contributed by atoms with Crippen LogP contribution in [-0.2, 0) is 17.5 Å². The zero-order valence-electron chi connectivity index (χ0n) is 16.0. The van der Waals surface area contributed by atoms with Gasteiger partial charge in [0.15, 0.2) is 0 Å². The van der Waals surface area contributed by atoms with Gasteiger partial charge in [0.05, 0.1) is 17.9 Å². The van der Waals surface area contributed by atoms with Gasteiger partial charge in [0.25, 0.3) is 0 Å². The molecule has 4 rings (SSSR count). The van der Waals surface area contributed by atoms with E-state index in [2.05, 4.69) is 10.6 Å². The van der Waals surface area contributed by atoms with E-state index in [1.165, 1.54) is 17.0 Å². The number of halogens is 3. The Balaban J connectivity index is 1.56. The number of carbonyl (C=O) groups excluding carboxylic acids is 2. The standard InChI is InChI=1S/C21H18F3N3O3/c1-27-17-10-15(4-2-13(17)11-25-20(27)29)26-19(28)8-12-6-7-30-18-9-14(21(22,23)24)3-5-16(12)18/h2-5,8-10H,6-7,11H2,1H3,(H,25,29)(H,26,28)/b12-8+. The fourth-order valence-corrected chi connectivity index (χ4v) is 3.48. The predicted molar refractivity (Wildman–Crippen MR) is 105 cm³/mol. The van der Waals surface area contributed by atoms with Gasteiger partial charge in [-0.2, -0.15) is 13.2 Å². The van der Waals surface area contributed by atoms with E-state index in [4.69, 9.17) is 4.74 Å². The quantitative estimate of drug-likeness (QED) is 0.721. The zero-order chi connectivity index (χ0) is 21.5. The molecule has 0 radical (unpaired) electrons. The van der Waals surface area contributed by atoms with Crippen LogP contribution in [0.3, 0.4) is 0 Å². The molecule has 0 saturated heterocycles. The number of ether oxygens (including phenoxy) is 1. The minimum atomic E-state index is -4.46. The maximum absolute atomic E-state index is 12.9. The molecule has 156 valence electrons. The van der Waals surface area contributed by atoms with E-state index in [1.54, 1.807) is 19.2 Å². The van der Waals surface area contributed by atoms with Crippen molar-refractivity contribution in [2.45, 2.75) is 19.1 Å². The van der Waals surface area contributed by atoms with Gasteiger partial charge in [-0.1, -0.05) is 12.1 Å². The fourth-order valence-electron chi connectivity index (χ4n) is 3.48. The van der Waals surface area contributed by atoms with Crippen molar-refractivity contribution >= 4 is 28.9 Å². The average Bonchev–Trinajstić information content (AvgIpc) is 2.70. The Bertz CT molecular complexity index is 1060. The van der Waals surface area contributed by atoms with Crippen LogP contribution in [0.5, 0.6) is 5.75 Å². The number of hydrogen-bond donors (Lipinski definition) is 2. The number of fused-ring (bicyclic) bond motifs is 2. The number of alkyl halides is 3. The average molecular weight is 417 g/mol. The Labute approximate surface area is 170 Å². The van der Waals surface area contributed by atoms with Crippen molar-refractivity contribution in [1.29, 1.82) is 0 Å². The van der Waals surface area contributed by atoms with Crippen LogP contribution in [0.15, 0.2) is 42.5 Å². The van der Waals surface area contributed by atoms with Crippen molar-refractivity contribution in [2.24, 2.45) is 0 Å². The lowest BCUT2D eigenvalue weighted by Gasteiger charge is -2.27. The normalized spacial score (nSPS) is 17.0. The Morgan fingerprint density at radius 3 is 2.80 bits per heavy atom. The minimum Gasteiger partial charge on any atom is -0.493 e. The number of urea groups is 1. The summed E-state index contributed by atoms with van der Waals surface area (Å²) in [6, 6.07) is 8.27. The monoisotopic (exact) mass is 417 g/mol. The van der Waals surface area contributed by atoms with Crippen LogP contribution < -0.4 is 20.3 Å². The number of nitrogens with zero attached hydrogens (tertiary/aromatic N) is 1. The molecule has 0 aliphatic carbocycles. The molecule has 2 N–H and O–H groups in total. The van der Waals surface area contributed by atoms with E-state index in [0.717, 1.165) is 17.7 Å². The summed E-state index contributed by atoms with van der Waals surface area (Å²) in [7, 11) is 1.63. The Morgan fingerprint density at radius 2 is 2.03 bits per heavy atom. The second kappa shape index (κ2) is 7.40. The molecule has 0 bridgehead atoms. The molecule has 30 heavy (non-hydrogen) atoms. The highest BCUT2D eigenvalue weighted by atomic mass is 19.4. The molecule has 9 heteroatoms. The second-order valence-electron chi connectivity index (χ2n) is 7.03. The Morgan fingerprint density at radius 1 is 1.23 bits per heavy atom. The van der Waals surface area contributed by atoms with Crippen LogP contribution in [0, 0.1) is 0 Å². The van der Waals surface area contributed by atoms with Gasteiger partial charge in [-0.25, -0.2) is 4.79 Å². The minimum absolute atomic E-state index is 0.108. The van der Waals surface area contributed by atoms with Crippen LogP contribution in [0.1, 0.15) is 23.1 Å². The molecule has 0 aromatic heterocycles. The highest BCUT2D eigenvalue weighted by Crippen LogP contribution is 2.38. The van der Waals surface area contributed by atoms with Gasteiger partial charge in [-0.05, 0) is 35.4 Å². The molecular weight excluding hydrogens is 399 g/mol. The predicted octanol–water partition coefficient (Wildman–Crippen LogP) is 4.17. The van der Waals surface area contributed by atoms with Crippen molar-refractivity contribution < 1.29 is 27.5 Å². The van der Waals surface area contributed by atoms with E-state index in [1.807, 2.05) is 6.07 Å². The molecular formula is C21H18F3N3O3. The molecule has 0 fully saturated rings. The first kappa shape index (κ1) is 19.8. The van der Waals surface area contributed by atoms with Crippen LogP contribution in [0.4, 0.5) is 29.3 Å². The number of hydrogen-bond acceptors (Lipinski definition) is 3. The summed E-state index contributed by atoms with van der Waals surface area (Å²) in [4.78, 5) is 25.8. The molecule has 2 aromatic rings. The first-order valence-corrected chi connectivity index (χ1v) is 9.23. The largest absolute Gasteiger partial charge is 0.493 e. The van der Waals surface area contributed by atoms with Crippen molar-refractivity contribution in [3.05, 3.63) is 59.2 Å². The maximum Gasteiger partial charge on any atom is 0.416 e. The van der Waals surface area contributed by atoms with Crippen LogP contribution in [0.25, 0.3) is 5.57 Å². The lowest BCUT2D eigenvalue weighted by Crippen LogP contribution is -2.41. The van der Waals surface area contributed by atoms with Crippen LogP contribution in [0.2, 0.25) is 0 Å². The van der Waals surface area contributed by atoms with Gasteiger partial charge in [0.2, 0.25) is 5.91 Å². The van der Waals surface area contributed by atoms with E-state index in [-0.39, 0.29) is 18.4 Å². The summed E-state index contributed by atoms with van der Waals surface area (Å²) in [6.07, 6.45) is -2.70. The number of amides is 3. The number of rotatable bonds is 2. The van der Waals surface area contributed by atoms with Crippen LogP contribution in [-0.4, -0.2) is 25.6 Å². The van der Waals surface area contributed by atoms with Gasteiger partial charge in [0, 0.05) is 37.3 Å². The molecule has 0 atom stereocenters. The summed E-state index contributed by atoms with van der Waals surface area (Å²) in [5.41, 5.74) is 2.39. The first-order valence-electron chi connectivity index (χ1n) is 9.23. The Hall–Kier alpha value is -3.49. The lowest BCUT2D eigenvalue weighted by molar-refractivity contribution is -0.137. The molecule has 0 saturated carbocycles. The summed E-state index contributed by atoms with van der Waals surface area (Å²) in [5, 5.41) is 5.48. The molecule has 0 unspecified atom stereocenters. The lowest BCUT2D eigenvalue weighted by atomic mass is 9.97. The third-order valence-corrected chi connectivity index (χ3v) is 5.04. The first-order chi connectivity index (χ1) is 14.2. The van der Waals surface area contributed by atoms with Gasteiger partial charge in [-0.3, -0.25) is 9.69 Å². The molecule has 2 aliphatic rings. The summed E-state index contributed by atoms with van der Waals surface area (Å²) < 4.78 is 44.1. The van der Waals surface area contributed by atoms with Crippen molar-refractivity contribution in [3.8, 4) is 5.75 Å². The molecule has 2 aromatic carbocycles. The van der Waals surface area contributed by atoms with Gasteiger partial charge in [-0.15, -0.1) is 0 Å². The number of nitrogens with one attached hydrogen (secondary N) is 2.